The maximum atomic E-state index is 11.9. The van der Waals surface area contributed by atoms with E-state index in [1.165, 1.54) is 11.3 Å². The summed E-state index contributed by atoms with van der Waals surface area (Å²) in [6.07, 6.45) is 0. The van der Waals surface area contributed by atoms with Crippen LogP contribution in [-0.4, -0.2) is 17.8 Å². The number of rotatable bonds is 4. The summed E-state index contributed by atoms with van der Waals surface area (Å²) in [6.45, 7) is 4.85. The number of amides is 1. The molecule has 0 saturated heterocycles. The van der Waals surface area contributed by atoms with E-state index in [1.807, 2.05) is 6.07 Å². The zero-order chi connectivity index (χ0) is 12.3. The van der Waals surface area contributed by atoms with Gasteiger partial charge in [-0.25, -0.2) is 0 Å². The topological polar surface area (TPSA) is 29.1 Å². The zero-order valence-electron chi connectivity index (χ0n) is 8.94. The lowest BCUT2D eigenvalue weighted by molar-refractivity contribution is 0.0940. The average molecular weight is 434 g/mol. The van der Waals surface area contributed by atoms with Gasteiger partial charge in [0, 0.05) is 11.9 Å². The maximum Gasteiger partial charge on any atom is 0.253 e. The fraction of sp³-hybridized carbons (Fsp3) is 0.500. The Labute approximate surface area is 125 Å². The molecule has 0 bridgehead atoms. The molecule has 1 heterocycles. The van der Waals surface area contributed by atoms with Gasteiger partial charge in [0.1, 0.15) is 0 Å². The molecular weight excluding hydrogens is 422 g/mol. The SMILES string of the molecule is CC(C)(CBr)CNC(=O)c1cc(Br)sc1Br. The van der Waals surface area contributed by atoms with Gasteiger partial charge in [-0.2, -0.15) is 0 Å². The van der Waals surface area contributed by atoms with E-state index in [0.717, 1.165) is 12.9 Å². The Balaban J connectivity index is 2.63. The minimum atomic E-state index is -0.0390. The highest BCUT2D eigenvalue weighted by Crippen LogP contribution is 2.31. The molecule has 1 aromatic rings. The van der Waals surface area contributed by atoms with Crippen LogP contribution in [0.25, 0.3) is 0 Å². The highest BCUT2D eigenvalue weighted by Gasteiger charge is 2.19. The Morgan fingerprint density at radius 2 is 2.12 bits per heavy atom. The van der Waals surface area contributed by atoms with E-state index in [0.29, 0.717) is 12.1 Å². The lowest BCUT2D eigenvalue weighted by atomic mass is 9.97. The molecule has 0 spiro atoms. The van der Waals surface area contributed by atoms with Crippen molar-refractivity contribution in [1.29, 1.82) is 0 Å². The third kappa shape index (κ3) is 4.13. The minimum Gasteiger partial charge on any atom is -0.351 e. The van der Waals surface area contributed by atoms with Crippen molar-refractivity contribution >= 4 is 65.0 Å². The summed E-state index contributed by atoms with van der Waals surface area (Å²) in [7, 11) is 0. The smallest absolute Gasteiger partial charge is 0.253 e. The van der Waals surface area contributed by atoms with Crippen molar-refractivity contribution in [3.8, 4) is 0 Å². The molecule has 1 N–H and O–H groups in total. The van der Waals surface area contributed by atoms with Crippen LogP contribution in [0.15, 0.2) is 13.6 Å². The third-order valence-corrected chi connectivity index (χ3v) is 5.85. The van der Waals surface area contributed by atoms with Gasteiger partial charge in [0.15, 0.2) is 0 Å². The zero-order valence-corrected chi connectivity index (χ0v) is 14.5. The molecule has 1 aromatic heterocycles. The van der Waals surface area contributed by atoms with E-state index in [1.54, 1.807) is 0 Å². The Morgan fingerprint density at radius 3 is 2.56 bits per heavy atom. The summed E-state index contributed by atoms with van der Waals surface area (Å²) in [5.41, 5.74) is 0.748. The Bertz CT molecular complexity index is 389. The van der Waals surface area contributed by atoms with Crippen molar-refractivity contribution < 1.29 is 4.79 Å². The predicted molar refractivity (Wildman–Crippen MR) is 79.6 cm³/mol. The van der Waals surface area contributed by atoms with Gasteiger partial charge in [-0.15, -0.1) is 11.3 Å². The monoisotopic (exact) mass is 431 g/mol. The first kappa shape index (κ1) is 14.7. The van der Waals surface area contributed by atoms with Crippen LogP contribution in [0.2, 0.25) is 0 Å². The highest BCUT2D eigenvalue weighted by molar-refractivity contribution is 9.12. The first-order valence-corrected chi connectivity index (χ1v) is 8.17. The molecule has 90 valence electrons. The van der Waals surface area contributed by atoms with Gasteiger partial charge >= 0.3 is 0 Å². The number of alkyl halides is 1. The van der Waals surface area contributed by atoms with E-state index in [9.17, 15) is 4.79 Å². The van der Waals surface area contributed by atoms with Gasteiger partial charge in [0.25, 0.3) is 5.91 Å². The van der Waals surface area contributed by atoms with Gasteiger partial charge < -0.3 is 5.32 Å². The molecule has 0 unspecified atom stereocenters. The van der Waals surface area contributed by atoms with Crippen LogP contribution in [0.4, 0.5) is 0 Å². The molecule has 0 aliphatic rings. The number of carbonyl (C=O) groups excluding carboxylic acids is 1. The first-order chi connectivity index (χ1) is 7.35. The van der Waals surface area contributed by atoms with Gasteiger partial charge in [-0.1, -0.05) is 29.8 Å². The van der Waals surface area contributed by atoms with Crippen LogP contribution in [0, 0.1) is 5.41 Å². The molecule has 1 amide bonds. The predicted octanol–water partition coefficient (Wildman–Crippen LogP) is 4.42. The Hall–Kier alpha value is 0.610. The molecule has 16 heavy (non-hydrogen) atoms. The molecule has 0 aliphatic heterocycles. The van der Waals surface area contributed by atoms with E-state index < -0.39 is 0 Å². The summed E-state index contributed by atoms with van der Waals surface area (Å²) in [4.78, 5) is 11.9. The largest absolute Gasteiger partial charge is 0.351 e. The summed E-state index contributed by atoms with van der Waals surface area (Å²) >= 11 is 11.7. The fourth-order valence-corrected chi connectivity index (χ4v) is 3.95. The fourth-order valence-electron chi connectivity index (χ4n) is 0.957. The number of hydrogen-bond donors (Lipinski definition) is 1. The third-order valence-electron chi connectivity index (χ3n) is 1.99. The van der Waals surface area contributed by atoms with Crippen LogP contribution in [0.5, 0.6) is 0 Å². The minimum absolute atomic E-state index is 0.0390. The molecule has 0 radical (unpaired) electrons. The normalized spacial score (nSPS) is 11.6. The molecular formula is C10H12Br3NOS. The summed E-state index contributed by atoms with van der Waals surface area (Å²) < 4.78 is 1.80. The number of halogens is 3. The van der Waals surface area contributed by atoms with Crippen molar-refractivity contribution in [3.05, 3.63) is 19.2 Å². The van der Waals surface area contributed by atoms with Crippen LogP contribution in [0.1, 0.15) is 24.2 Å². The number of hydrogen-bond acceptors (Lipinski definition) is 2. The van der Waals surface area contributed by atoms with Gasteiger partial charge in [0.05, 0.1) is 13.1 Å². The molecule has 0 atom stereocenters. The van der Waals surface area contributed by atoms with Crippen molar-refractivity contribution in [1.82, 2.24) is 5.32 Å². The lowest BCUT2D eigenvalue weighted by Gasteiger charge is -2.21. The van der Waals surface area contributed by atoms with Gasteiger partial charge in [-0.3, -0.25) is 4.79 Å². The number of carbonyl (C=O) groups is 1. The molecule has 0 saturated carbocycles. The Morgan fingerprint density at radius 1 is 1.50 bits per heavy atom. The molecule has 6 heteroatoms. The molecule has 0 aliphatic carbocycles. The first-order valence-electron chi connectivity index (χ1n) is 4.65. The summed E-state index contributed by atoms with van der Waals surface area (Å²) in [6, 6.07) is 1.82. The van der Waals surface area contributed by atoms with Crippen LogP contribution < -0.4 is 5.32 Å². The second-order valence-corrected chi connectivity index (χ2v) is 8.53. The van der Waals surface area contributed by atoms with Crippen molar-refractivity contribution in [2.75, 3.05) is 11.9 Å². The summed E-state index contributed by atoms with van der Waals surface area (Å²) in [5, 5.41) is 3.79. The molecule has 0 aromatic carbocycles. The quantitative estimate of drug-likeness (QED) is 0.699. The second-order valence-electron chi connectivity index (χ2n) is 4.22. The highest BCUT2D eigenvalue weighted by atomic mass is 79.9. The van der Waals surface area contributed by atoms with Crippen LogP contribution >= 0.6 is 59.1 Å². The van der Waals surface area contributed by atoms with Gasteiger partial charge in [0.2, 0.25) is 0 Å². The van der Waals surface area contributed by atoms with E-state index in [4.69, 9.17) is 0 Å². The molecule has 0 fully saturated rings. The van der Waals surface area contributed by atoms with E-state index in [-0.39, 0.29) is 11.3 Å². The second kappa shape index (κ2) is 5.98. The van der Waals surface area contributed by atoms with Crippen LogP contribution in [0.3, 0.4) is 0 Å². The van der Waals surface area contributed by atoms with Crippen molar-refractivity contribution in [2.45, 2.75) is 13.8 Å². The lowest BCUT2D eigenvalue weighted by Crippen LogP contribution is -2.34. The van der Waals surface area contributed by atoms with Crippen molar-refractivity contribution in [3.63, 3.8) is 0 Å². The van der Waals surface area contributed by atoms with E-state index >= 15 is 0 Å². The maximum absolute atomic E-state index is 11.9. The Kier molecular flexibility index (Phi) is 5.48. The average Bonchev–Trinajstić information content (AvgIpc) is 2.54. The molecule has 2 nitrogen and oxygen atoms in total. The van der Waals surface area contributed by atoms with Gasteiger partial charge in [-0.05, 0) is 43.3 Å². The standard InChI is InChI=1S/C10H12Br3NOS/c1-10(2,4-11)5-14-9(15)6-3-7(12)16-8(6)13/h3H,4-5H2,1-2H3,(H,14,15). The van der Waals surface area contributed by atoms with Crippen LogP contribution in [-0.2, 0) is 0 Å². The number of nitrogens with one attached hydrogen (secondary N) is 1. The summed E-state index contributed by atoms with van der Waals surface area (Å²) in [5.74, 6) is -0.0390. The molecule has 1 rings (SSSR count). The van der Waals surface area contributed by atoms with Crippen molar-refractivity contribution in [2.24, 2.45) is 5.41 Å². The number of thiophene rings is 1. The van der Waals surface area contributed by atoms with E-state index in [2.05, 4.69) is 67.0 Å².